The van der Waals surface area contributed by atoms with E-state index in [0.29, 0.717) is 0 Å². The summed E-state index contributed by atoms with van der Waals surface area (Å²) >= 11 is 0. The Morgan fingerprint density at radius 2 is 1.62 bits per heavy atom. The lowest BCUT2D eigenvalue weighted by Gasteiger charge is -2.09. The molecule has 3 aromatic rings. The van der Waals surface area contributed by atoms with E-state index in [1.54, 1.807) is 6.07 Å². The first kappa shape index (κ1) is 18.0. The van der Waals surface area contributed by atoms with Gasteiger partial charge in [-0.2, -0.15) is 18.2 Å². The van der Waals surface area contributed by atoms with E-state index in [9.17, 15) is 21.6 Å². The van der Waals surface area contributed by atoms with Gasteiger partial charge < -0.3 is 9.73 Å². The van der Waals surface area contributed by atoms with Crippen LogP contribution in [0.4, 0.5) is 19.1 Å². The van der Waals surface area contributed by atoms with Gasteiger partial charge in [0.15, 0.2) is 0 Å². The molecule has 0 spiro atoms. The maximum Gasteiger partial charge on any atom is 0.417 e. The van der Waals surface area contributed by atoms with Crippen LogP contribution in [0.2, 0.25) is 0 Å². The summed E-state index contributed by atoms with van der Waals surface area (Å²) in [5, 5.41) is 2.06. The number of benzene rings is 2. The average Bonchev–Trinajstić information content (AvgIpc) is 3.07. The van der Waals surface area contributed by atoms with Crippen molar-refractivity contribution >= 4 is 15.7 Å². The number of halogens is 3. The number of hydrogen-bond acceptors (Lipinski definition) is 5. The van der Waals surface area contributed by atoms with Gasteiger partial charge in [0.1, 0.15) is 0 Å². The summed E-state index contributed by atoms with van der Waals surface area (Å²) in [4.78, 5) is 3.82. The van der Waals surface area contributed by atoms with E-state index in [1.165, 1.54) is 49.5 Å². The van der Waals surface area contributed by atoms with Gasteiger partial charge in [-0.3, -0.25) is 0 Å². The standard InChI is InChI=1S/C17H13F3N2O3S/c1-21-15-16(26(23,24)11-7-3-2-4-8-11)22-14(25-15)12-9-5-6-10-13(12)17(18,19)20/h2-10,21H,1H3. The molecule has 0 amide bonds. The third-order valence-electron chi connectivity index (χ3n) is 3.59. The minimum atomic E-state index is -4.64. The number of rotatable bonds is 4. The van der Waals surface area contributed by atoms with Gasteiger partial charge in [0.2, 0.25) is 26.6 Å². The molecule has 9 heteroatoms. The van der Waals surface area contributed by atoms with Crippen LogP contribution >= 0.6 is 0 Å². The molecule has 0 aliphatic heterocycles. The second kappa shape index (κ2) is 6.49. The largest absolute Gasteiger partial charge is 0.419 e. The Bertz CT molecular complexity index is 1030. The summed E-state index contributed by atoms with van der Waals surface area (Å²) in [6, 6.07) is 12.1. The second-order valence-electron chi connectivity index (χ2n) is 5.26. The lowest BCUT2D eigenvalue weighted by molar-refractivity contribution is -0.137. The van der Waals surface area contributed by atoms with E-state index in [2.05, 4.69) is 10.3 Å². The molecule has 1 N–H and O–H groups in total. The second-order valence-corrected chi connectivity index (χ2v) is 7.13. The van der Waals surface area contributed by atoms with E-state index < -0.39 is 32.5 Å². The predicted octanol–water partition coefficient (Wildman–Crippen LogP) is 4.23. The molecule has 0 saturated carbocycles. The van der Waals surface area contributed by atoms with Crippen LogP contribution in [0.3, 0.4) is 0 Å². The van der Waals surface area contributed by atoms with Crippen molar-refractivity contribution in [3.63, 3.8) is 0 Å². The van der Waals surface area contributed by atoms with E-state index in [1.807, 2.05) is 0 Å². The number of hydrogen-bond donors (Lipinski definition) is 1. The van der Waals surface area contributed by atoms with Gasteiger partial charge in [-0.05, 0) is 24.3 Å². The Labute approximate surface area is 147 Å². The summed E-state index contributed by atoms with van der Waals surface area (Å²) in [5.74, 6) is -0.669. The first-order valence-corrected chi connectivity index (χ1v) is 8.89. The molecule has 0 saturated heterocycles. The SMILES string of the molecule is CNc1oc(-c2ccccc2C(F)(F)F)nc1S(=O)(=O)c1ccccc1. The summed E-state index contributed by atoms with van der Waals surface area (Å²) in [7, 11) is -2.67. The van der Waals surface area contributed by atoms with Crippen molar-refractivity contribution in [3.05, 3.63) is 60.2 Å². The zero-order valence-corrected chi connectivity index (χ0v) is 14.2. The fraction of sp³-hybridized carbons (Fsp3) is 0.118. The van der Waals surface area contributed by atoms with E-state index in [-0.39, 0.29) is 16.3 Å². The molecule has 0 radical (unpaired) electrons. The van der Waals surface area contributed by atoms with Crippen LogP contribution in [-0.4, -0.2) is 20.4 Å². The summed E-state index contributed by atoms with van der Waals surface area (Å²) in [6.07, 6.45) is -4.64. The van der Waals surface area contributed by atoms with Crippen molar-refractivity contribution in [2.75, 3.05) is 12.4 Å². The van der Waals surface area contributed by atoms with Gasteiger partial charge in [-0.15, -0.1) is 0 Å². The third kappa shape index (κ3) is 3.17. The summed E-state index contributed by atoms with van der Waals surface area (Å²) in [6.45, 7) is 0. The normalized spacial score (nSPS) is 12.2. The number of oxazole rings is 1. The molecule has 3 rings (SSSR count). The summed E-state index contributed by atoms with van der Waals surface area (Å²) < 4.78 is 70.5. The minimum absolute atomic E-state index is 0.0412. The Kier molecular flexibility index (Phi) is 4.49. The van der Waals surface area contributed by atoms with Crippen molar-refractivity contribution in [3.8, 4) is 11.5 Å². The molecular weight excluding hydrogens is 369 g/mol. The van der Waals surface area contributed by atoms with Gasteiger partial charge in [0.05, 0.1) is 10.5 Å². The van der Waals surface area contributed by atoms with Crippen LogP contribution < -0.4 is 5.32 Å². The van der Waals surface area contributed by atoms with Gasteiger partial charge in [-0.1, -0.05) is 30.3 Å². The molecule has 1 heterocycles. The van der Waals surface area contributed by atoms with Crippen molar-refractivity contribution in [2.24, 2.45) is 0 Å². The highest BCUT2D eigenvalue weighted by Gasteiger charge is 2.36. The molecule has 136 valence electrons. The van der Waals surface area contributed by atoms with Crippen LogP contribution in [0.1, 0.15) is 5.56 Å². The number of nitrogens with zero attached hydrogens (tertiary/aromatic N) is 1. The number of alkyl halides is 3. The quantitative estimate of drug-likeness (QED) is 0.731. The highest BCUT2D eigenvalue weighted by Crippen LogP contribution is 2.39. The topological polar surface area (TPSA) is 72.2 Å². The monoisotopic (exact) mass is 382 g/mol. The number of aromatic nitrogens is 1. The first-order valence-electron chi connectivity index (χ1n) is 7.40. The Hall–Kier alpha value is -2.81. The molecule has 26 heavy (non-hydrogen) atoms. The van der Waals surface area contributed by atoms with Crippen molar-refractivity contribution in [2.45, 2.75) is 16.1 Å². The maximum absolute atomic E-state index is 13.2. The third-order valence-corrected chi connectivity index (χ3v) is 5.27. The zero-order valence-electron chi connectivity index (χ0n) is 13.4. The Balaban J connectivity index is 2.19. The van der Waals surface area contributed by atoms with Crippen LogP contribution in [-0.2, 0) is 16.0 Å². The molecule has 5 nitrogen and oxygen atoms in total. The number of sulfone groups is 1. The molecular formula is C17H13F3N2O3S. The molecule has 0 fully saturated rings. The molecule has 0 aliphatic carbocycles. The van der Waals surface area contributed by atoms with Crippen LogP contribution in [0.15, 0.2) is 68.9 Å². The van der Waals surface area contributed by atoms with Gasteiger partial charge >= 0.3 is 6.18 Å². The van der Waals surface area contributed by atoms with Gasteiger partial charge in [0, 0.05) is 12.6 Å². The first-order chi connectivity index (χ1) is 12.2. The van der Waals surface area contributed by atoms with Crippen molar-refractivity contribution < 1.29 is 26.0 Å². The highest BCUT2D eigenvalue weighted by molar-refractivity contribution is 7.91. The molecule has 0 unspecified atom stereocenters. The Morgan fingerprint density at radius 1 is 1.00 bits per heavy atom. The van der Waals surface area contributed by atoms with Crippen molar-refractivity contribution in [1.82, 2.24) is 4.98 Å². The fourth-order valence-corrected chi connectivity index (χ4v) is 3.72. The lowest BCUT2D eigenvalue weighted by Crippen LogP contribution is -2.07. The molecule has 2 aromatic carbocycles. The van der Waals surface area contributed by atoms with Gasteiger partial charge in [0.25, 0.3) is 0 Å². The van der Waals surface area contributed by atoms with Crippen LogP contribution in [0, 0.1) is 0 Å². The highest BCUT2D eigenvalue weighted by atomic mass is 32.2. The minimum Gasteiger partial charge on any atom is -0.419 e. The van der Waals surface area contributed by atoms with Crippen LogP contribution in [0.5, 0.6) is 0 Å². The van der Waals surface area contributed by atoms with Crippen LogP contribution in [0.25, 0.3) is 11.5 Å². The maximum atomic E-state index is 13.2. The molecule has 1 aromatic heterocycles. The summed E-state index contributed by atoms with van der Waals surface area (Å²) in [5.41, 5.74) is -1.31. The zero-order chi connectivity index (χ0) is 18.9. The van der Waals surface area contributed by atoms with E-state index in [4.69, 9.17) is 4.42 Å². The Morgan fingerprint density at radius 3 is 2.23 bits per heavy atom. The lowest BCUT2D eigenvalue weighted by atomic mass is 10.1. The molecule has 0 atom stereocenters. The van der Waals surface area contributed by atoms with Crippen molar-refractivity contribution in [1.29, 1.82) is 0 Å². The number of anilines is 1. The van der Waals surface area contributed by atoms with E-state index in [0.717, 1.165) is 6.07 Å². The molecule has 0 bridgehead atoms. The van der Waals surface area contributed by atoms with E-state index >= 15 is 0 Å². The fourth-order valence-electron chi connectivity index (χ4n) is 2.39. The number of nitrogens with one attached hydrogen (secondary N) is 1. The average molecular weight is 382 g/mol. The molecule has 0 aliphatic rings. The predicted molar refractivity (Wildman–Crippen MR) is 88.4 cm³/mol. The smallest absolute Gasteiger partial charge is 0.417 e. The van der Waals surface area contributed by atoms with Gasteiger partial charge in [-0.25, -0.2) is 8.42 Å².